The van der Waals surface area contributed by atoms with Gasteiger partial charge in [0.15, 0.2) is 11.4 Å². The molecule has 4 rings (SSSR count). The van der Waals surface area contributed by atoms with E-state index in [2.05, 4.69) is 25.7 Å². The molecule has 0 amide bonds. The minimum absolute atomic E-state index is 0.00485. The molecule has 30 heavy (non-hydrogen) atoms. The van der Waals surface area contributed by atoms with Gasteiger partial charge in [-0.05, 0) is 37.3 Å². The van der Waals surface area contributed by atoms with Crippen LogP contribution in [0.1, 0.15) is 42.5 Å². The van der Waals surface area contributed by atoms with Crippen LogP contribution in [0.3, 0.4) is 0 Å². The number of aliphatic hydroxyl groups is 1. The second kappa shape index (κ2) is 8.66. The van der Waals surface area contributed by atoms with E-state index in [0.29, 0.717) is 47.3 Å². The summed E-state index contributed by atoms with van der Waals surface area (Å²) >= 11 is 0. The number of methoxy groups -OCH3 is 1. The van der Waals surface area contributed by atoms with Gasteiger partial charge in [-0.2, -0.15) is 9.61 Å². The molecule has 3 heterocycles. The molecular formula is C21H26N6O3. The Morgan fingerprint density at radius 2 is 2.27 bits per heavy atom. The summed E-state index contributed by atoms with van der Waals surface area (Å²) in [4.78, 5) is 21.8. The first kappa shape index (κ1) is 20.1. The predicted molar refractivity (Wildman–Crippen MR) is 114 cm³/mol. The molecule has 158 valence electrons. The van der Waals surface area contributed by atoms with Crippen molar-refractivity contribution in [2.75, 3.05) is 24.8 Å². The van der Waals surface area contributed by atoms with Crippen LogP contribution in [0, 0.1) is 5.92 Å². The Labute approximate surface area is 174 Å². The van der Waals surface area contributed by atoms with Gasteiger partial charge in [-0.25, -0.2) is 9.97 Å². The predicted octanol–water partition coefficient (Wildman–Crippen LogP) is 3.04. The summed E-state index contributed by atoms with van der Waals surface area (Å²) in [6.45, 7) is 0. The SMILES string of the molecule is CNc1cc(Nc2cccnc2OC)nc2c(C(=O)C[C@@H]3CCC[C@@H](O)C3)cnn12. The van der Waals surface area contributed by atoms with Crippen LogP contribution in [-0.4, -0.2) is 50.7 Å². The molecule has 0 radical (unpaired) electrons. The van der Waals surface area contributed by atoms with Crippen molar-refractivity contribution in [1.29, 1.82) is 0 Å². The maximum absolute atomic E-state index is 13.0. The van der Waals surface area contributed by atoms with E-state index in [1.165, 1.54) is 0 Å². The fourth-order valence-electron chi connectivity index (χ4n) is 4.01. The number of rotatable bonds is 7. The largest absolute Gasteiger partial charge is 0.480 e. The fraction of sp³-hybridized carbons (Fsp3) is 0.429. The van der Waals surface area contributed by atoms with E-state index in [1.54, 1.807) is 43.2 Å². The number of nitrogens with one attached hydrogen (secondary N) is 2. The van der Waals surface area contributed by atoms with Crippen molar-refractivity contribution in [2.24, 2.45) is 5.92 Å². The molecule has 0 aromatic carbocycles. The molecule has 1 saturated carbocycles. The van der Waals surface area contributed by atoms with Crippen LogP contribution in [0.4, 0.5) is 17.3 Å². The quantitative estimate of drug-likeness (QED) is 0.509. The van der Waals surface area contributed by atoms with Crippen LogP contribution in [0.25, 0.3) is 5.65 Å². The second-order valence-electron chi connectivity index (χ2n) is 7.57. The van der Waals surface area contributed by atoms with Gasteiger partial charge in [0.1, 0.15) is 17.3 Å². The van der Waals surface area contributed by atoms with Gasteiger partial charge in [-0.15, -0.1) is 0 Å². The van der Waals surface area contributed by atoms with E-state index >= 15 is 0 Å². The van der Waals surface area contributed by atoms with Crippen molar-refractivity contribution < 1.29 is 14.6 Å². The number of carbonyl (C=O) groups excluding carboxylic acids is 1. The Balaban J connectivity index is 1.65. The maximum atomic E-state index is 13.0. The average molecular weight is 410 g/mol. The Bertz CT molecular complexity index is 1050. The van der Waals surface area contributed by atoms with E-state index in [-0.39, 0.29) is 17.8 Å². The first-order valence-electron chi connectivity index (χ1n) is 10.1. The summed E-state index contributed by atoms with van der Waals surface area (Å²) in [5.74, 6) is 1.87. The number of carbonyl (C=O) groups is 1. The molecule has 1 fully saturated rings. The van der Waals surface area contributed by atoms with Crippen LogP contribution in [0.2, 0.25) is 0 Å². The molecule has 3 aromatic heterocycles. The number of pyridine rings is 1. The number of aliphatic hydroxyl groups excluding tert-OH is 1. The van der Waals surface area contributed by atoms with Crippen LogP contribution < -0.4 is 15.4 Å². The van der Waals surface area contributed by atoms with Crippen molar-refractivity contribution in [2.45, 2.75) is 38.2 Å². The topological polar surface area (TPSA) is 114 Å². The summed E-state index contributed by atoms with van der Waals surface area (Å²) in [6, 6.07) is 5.44. The van der Waals surface area contributed by atoms with Gasteiger partial charge in [0.2, 0.25) is 5.88 Å². The highest BCUT2D eigenvalue weighted by Crippen LogP contribution is 2.30. The number of Topliss-reactive ketones (excluding diaryl/α,β-unsaturated/α-hetero) is 1. The van der Waals surface area contributed by atoms with Gasteiger partial charge in [0, 0.05) is 25.7 Å². The number of aromatic nitrogens is 4. The molecular weight excluding hydrogens is 384 g/mol. The molecule has 3 N–H and O–H groups in total. The number of hydrogen-bond donors (Lipinski definition) is 3. The second-order valence-corrected chi connectivity index (χ2v) is 7.57. The summed E-state index contributed by atoms with van der Waals surface area (Å²) in [5.41, 5.74) is 1.63. The molecule has 1 aliphatic carbocycles. The zero-order valence-corrected chi connectivity index (χ0v) is 17.1. The van der Waals surface area contributed by atoms with Crippen molar-refractivity contribution in [1.82, 2.24) is 19.6 Å². The van der Waals surface area contributed by atoms with Crippen LogP contribution >= 0.6 is 0 Å². The van der Waals surface area contributed by atoms with Crippen molar-refractivity contribution >= 4 is 28.8 Å². The summed E-state index contributed by atoms with van der Waals surface area (Å²) in [6.07, 6.45) is 6.72. The molecule has 0 bridgehead atoms. The zero-order chi connectivity index (χ0) is 21.1. The molecule has 9 nitrogen and oxygen atoms in total. The van der Waals surface area contributed by atoms with Crippen molar-refractivity contribution in [3.8, 4) is 5.88 Å². The highest BCUT2D eigenvalue weighted by Gasteiger charge is 2.25. The first-order chi connectivity index (χ1) is 14.6. The highest BCUT2D eigenvalue weighted by atomic mass is 16.5. The average Bonchev–Trinajstić information content (AvgIpc) is 3.17. The Morgan fingerprint density at radius 3 is 3.03 bits per heavy atom. The molecule has 2 atom stereocenters. The lowest BCUT2D eigenvalue weighted by atomic mass is 9.83. The van der Waals surface area contributed by atoms with E-state index < -0.39 is 0 Å². The Morgan fingerprint density at radius 1 is 1.40 bits per heavy atom. The van der Waals surface area contributed by atoms with E-state index in [0.717, 1.165) is 19.3 Å². The van der Waals surface area contributed by atoms with Crippen LogP contribution in [0.5, 0.6) is 5.88 Å². The highest BCUT2D eigenvalue weighted by molar-refractivity contribution is 6.01. The van der Waals surface area contributed by atoms with E-state index in [1.807, 2.05) is 6.07 Å². The normalized spacial score (nSPS) is 18.9. The van der Waals surface area contributed by atoms with Gasteiger partial charge >= 0.3 is 0 Å². The van der Waals surface area contributed by atoms with E-state index in [9.17, 15) is 9.90 Å². The van der Waals surface area contributed by atoms with Crippen LogP contribution in [0.15, 0.2) is 30.6 Å². The number of nitrogens with zero attached hydrogens (tertiary/aromatic N) is 4. The minimum Gasteiger partial charge on any atom is -0.480 e. The number of hydrogen-bond acceptors (Lipinski definition) is 8. The number of ether oxygens (including phenoxy) is 1. The van der Waals surface area contributed by atoms with Gasteiger partial charge in [0.25, 0.3) is 0 Å². The zero-order valence-electron chi connectivity index (χ0n) is 17.1. The molecule has 0 aliphatic heterocycles. The molecule has 0 unspecified atom stereocenters. The number of anilines is 3. The summed E-state index contributed by atoms with van der Waals surface area (Å²) in [5, 5.41) is 20.6. The number of fused-ring (bicyclic) bond motifs is 1. The van der Waals surface area contributed by atoms with Crippen molar-refractivity contribution in [3.63, 3.8) is 0 Å². The third-order valence-electron chi connectivity index (χ3n) is 5.48. The minimum atomic E-state index is -0.306. The van der Waals surface area contributed by atoms with Gasteiger partial charge in [-0.1, -0.05) is 6.42 Å². The molecule has 3 aromatic rings. The fourth-order valence-corrected chi connectivity index (χ4v) is 4.01. The lowest BCUT2D eigenvalue weighted by Crippen LogP contribution is -2.21. The van der Waals surface area contributed by atoms with Gasteiger partial charge in [0.05, 0.1) is 25.0 Å². The molecule has 9 heteroatoms. The standard InChI is InChI=1S/C21H26N6O3/c1-22-19-11-18(25-16-7-4-8-23-21(16)30-2)26-20-15(12-24-27(19)20)17(29)10-13-5-3-6-14(28)9-13/h4,7-8,11-14,22,28H,3,5-6,9-10H2,1-2H3,(H,25,26)/t13-,14-/m1/s1. The van der Waals surface area contributed by atoms with E-state index in [4.69, 9.17) is 4.74 Å². The Hall–Kier alpha value is -3.20. The summed E-state index contributed by atoms with van der Waals surface area (Å²) < 4.78 is 6.91. The first-order valence-corrected chi connectivity index (χ1v) is 10.1. The van der Waals surface area contributed by atoms with Crippen LogP contribution in [-0.2, 0) is 0 Å². The molecule has 1 aliphatic rings. The van der Waals surface area contributed by atoms with Gasteiger partial charge in [-0.3, -0.25) is 4.79 Å². The lowest BCUT2D eigenvalue weighted by Gasteiger charge is -2.25. The summed E-state index contributed by atoms with van der Waals surface area (Å²) in [7, 11) is 3.34. The van der Waals surface area contributed by atoms with Crippen molar-refractivity contribution in [3.05, 3.63) is 36.2 Å². The lowest BCUT2D eigenvalue weighted by molar-refractivity contribution is 0.0825. The third kappa shape index (κ3) is 4.06. The monoisotopic (exact) mass is 410 g/mol. The smallest absolute Gasteiger partial charge is 0.237 e. The molecule has 0 saturated heterocycles. The number of ketones is 1. The maximum Gasteiger partial charge on any atom is 0.237 e. The Kier molecular flexibility index (Phi) is 5.80. The molecule has 0 spiro atoms. The third-order valence-corrected chi connectivity index (χ3v) is 5.48. The van der Waals surface area contributed by atoms with Gasteiger partial charge < -0.3 is 20.5 Å².